The molecule has 3 aliphatic rings. The van der Waals surface area contributed by atoms with Crippen LogP contribution in [0, 0.1) is 24.7 Å². The number of allylic oxidation sites excluding steroid dienone is 1. The minimum atomic E-state index is -0.795. The molecule has 8 heteroatoms. The summed E-state index contributed by atoms with van der Waals surface area (Å²) in [6, 6.07) is 3.78. The molecule has 0 spiro atoms. The molecule has 2 aromatic rings. The predicted molar refractivity (Wildman–Crippen MR) is 159 cm³/mol. The number of likely N-dealkylation sites (N-methyl/N-ethyl adjacent to an activating group) is 1. The van der Waals surface area contributed by atoms with E-state index >= 15 is 0 Å². The number of aryl methyl sites for hydroxylation is 2. The number of aliphatic hydroxyl groups excluding tert-OH is 1. The molecule has 1 aromatic carbocycles. The summed E-state index contributed by atoms with van der Waals surface area (Å²) in [5.74, 6) is 1.99. The van der Waals surface area contributed by atoms with Gasteiger partial charge >= 0.3 is 0 Å². The summed E-state index contributed by atoms with van der Waals surface area (Å²) < 4.78 is 15.8. The van der Waals surface area contributed by atoms with E-state index < -0.39 is 12.0 Å². The lowest BCUT2D eigenvalue weighted by molar-refractivity contribution is -0.132. The molecule has 5 rings (SSSR count). The molecule has 2 aliphatic heterocycles. The molecule has 0 saturated heterocycles. The Morgan fingerprint density at radius 3 is 2.58 bits per heavy atom. The van der Waals surface area contributed by atoms with Gasteiger partial charge in [-0.2, -0.15) is 0 Å². The van der Waals surface area contributed by atoms with Gasteiger partial charge in [-0.05, 0) is 48.8 Å². The molecule has 7 nitrogen and oxygen atoms in total. The van der Waals surface area contributed by atoms with Gasteiger partial charge in [0.15, 0.2) is 0 Å². The van der Waals surface area contributed by atoms with Crippen molar-refractivity contribution >= 4 is 34.7 Å². The molecule has 1 aliphatic carbocycles. The molecule has 1 unspecified atom stereocenters. The van der Waals surface area contributed by atoms with Crippen LogP contribution in [0.4, 0.5) is 0 Å². The molecule has 3 atom stereocenters. The van der Waals surface area contributed by atoms with E-state index in [0.717, 1.165) is 33.8 Å². The third-order valence-electron chi connectivity index (χ3n) is 8.70. The number of fused-ring (bicyclic) bond motifs is 1. The Morgan fingerprint density at radius 1 is 1.23 bits per heavy atom. The maximum atomic E-state index is 14.2. The first-order valence-corrected chi connectivity index (χ1v) is 15.2. The molecule has 0 bridgehead atoms. The van der Waals surface area contributed by atoms with E-state index in [9.17, 15) is 14.7 Å². The Hall–Kier alpha value is -2.71. The highest BCUT2D eigenvalue weighted by Crippen LogP contribution is 2.54. The van der Waals surface area contributed by atoms with Gasteiger partial charge in [-0.25, -0.2) is 0 Å². The summed E-state index contributed by atoms with van der Waals surface area (Å²) >= 11 is 1.35. The normalized spacial score (nSPS) is 24.7. The van der Waals surface area contributed by atoms with Crippen LogP contribution < -0.4 is 4.72 Å². The zero-order chi connectivity index (χ0) is 29.3. The van der Waals surface area contributed by atoms with Crippen molar-refractivity contribution in [1.29, 1.82) is 0 Å². The average molecular weight is 567 g/mol. The van der Waals surface area contributed by atoms with Crippen molar-refractivity contribution in [2.45, 2.75) is 92.7 Å². The lowest BCUT2D eigenvalue weighted by atomic mass is 9.67. The fraction of sp³-hybridized carbons (Fsp3) is 0.562. The number of furan rings is 1. The summed E-state index contributed by atoms with van der Waals surface area (Å²) in [6.45, 7) is 16.5. The molecule has 0 fully saturated rings. The van der Waals surface area contributed by atoms with Crippen LogP contribution in [0.1, 0.15) is 94.0 Å². The number of nitrogens with zero attached hydrogens (tertiary/aromatic N) is 1. The van der Waals surface area contributed by atoms with E-state index in [2.05, 4.69) is 39.3 Å². The minimum Gasteiger partial charge on any atom is -0.465 e. The van der Waals surface area contributed by atoms with Crippen LogP contribution in [0.25, 0.3) is 11.0 Å². The van der Waals surface area contributed by atoms with E-state index in [4.69, 9.17) is 9.15 Å². The summed E-state index contributed by atoms with van der Waals surface area (Å²) in [6.07, 6.45) is 0.994. The highest BCUT2D eigenvalue weighted by molar-refractivity contribution is 7.97. The summed E-state index contributed by atoms with van der Waals surface area (Å²) in [5, 5.41) is 12.5. The van der Waals surface area contributed by atoms with E-state index in [1.165, 1.54) is 11.9 Å². The molecule has 216 valence electrons. The fourth-order valence-corrected chi connectivity index (χ4v) is 7.16. The first kappa shape index (κ1) is 28.8. The monoisotopic (exact) mass is 566 g/mol. The average Bonchev–Trinajstić information content (AvgIpc) is 3.24. The van der Waals surface area contributed by atoms with E-state index in [1.54, 1.807) is 0 Å². The maximum Gasteiger partial charge on any atom is 0.261 e. The number of nitrogens with one attached hydrogen (secondary N) is 1. The number of hydrogen-bond donors (Lipinski definition) is 2. The van der Waals surface area contributed by atoms with Gasteiger partial charge in [-0.15, -0.1) is 0 Å². The van der Waals surface area contributed by atoms with Crippen molar-refractivity contribution < 1.29 is 23.8 Å². The number of aliphatic hydroxyl groups is 1. The zero-order valence-electron chi connectivity index (χ0n) is 25.2. The van der Waals surface area contributed by atoms with E-state index in [0.29, 0.717) is 47.3 Å². The molecule has 0 saturated carbocycles. The Bertz CT molecular complexity index is 1460. The van der Waals surface area contributed by atoms with Crippen LogP contribution >= 0.6 is 11.9 Å². The van der Waals surface area contributed by atoms with Crippen LogP contribution in [0.2, 0.25) is 0 Å². The lowest BCUT2D eigenvalue weighted by Gasteiger charge is -2.48. The van der Waals surface area contributed by atoms with Crippen LogP contribution in [-0.2, 0) is 9.53 Å². The predicted octanol–water partition coefficient (Wildman–Crippen LogP) is 6.53. The second-order valence-electron chi connectivity index (χ2n) is 13.4. The Morgan fingerprint density at radius 2 is 1.93 bits per heavy atom. The van der Waals surface area contributed by atoms with Crippen molar-refractivity contribution in [1.82, 2.24) is 9.62 Å². The third kappa shape index (κ3) is 4.77. The number of ether oxygens (including phenoxy) is 1. The van der Waals surface area contributed by atoms with Crippen molar-refractivity contribution in [2.24, 2.45) is 10.8 Å². The van der Waals surface area contributed by atoms with Crippen LogP contribution in [-0.4, -0.2) is 46.8 Å². The second kappa shape index (κ2) is 9.98. The number of benzene rings is 1. The van der Waals surface area contributed by atoms with Crippen LogP contribution in [0.3, 0.4) is 0 Å². The Balaban J connectivity index is 1.80. The summed E-state index contributed by atoms with van der Waals surface area (Å²) in [4.78, 5) is 29.4. The summed E-state index contributed by atoms with van der Waals surface area (Å²) in [7, 11) is 1.85. The topological polar surface area (TPSA) is 92.0 Å². The van der Waals surface area contributed by atoms with Crippen LogP contribution in [0.5, 0.6) is 0 Å². The number of carbonyl (C=O) groups is 2. The Kier molecular flexibility index (Phi) is 7.19. The van der Waals surface area contributed by atoms with Gasteiger partial charge in [0.2, 0.25) is 0 Å². The molecule has 0 radical (unpaired) electrons. The van der Waals surface area contributed by atoms with Crippen molar-refractivity contribution in [3.63, 3.8) is 0 Å². The highest BCUT2D eigenvalue weighted by Gasteiger charge is 2.50. The third-order valence-corrected chi connectivity index (χ3v) is 9.32. The van der Waals surface area contributed by atoms with Gasteiger partial charge in [0, 0.05) is 59.7 Å². The zero-order valence-corrected chi connectivity index (χ0v) is 26.0. The van der Waals surface area contributed by atoms with Gasteiger partial charge < -0.3 is 19.2 Å². The minimum absolute atomic E-state index is 0.0422. The standard InChI is InChI=1S/C32H42N2O5S/c1-10-40-33-29(36)19-12-20(28-18(17(19)3)11-16(2)38-28)25-26-21(35)14-32(7,8)15-23(26)39-22-13-24(31(4,5)6)34(9)30(37)27(22)25/h11-12,21,24-25,35H,10,13-15H2,1-9H3,(H,33,36)/t21?,24-,25-/m0/s1. The molecule has 1 aromatic heterocycles. The van der Waals surface area contributed by atoms with Gasteiger partial charge in [-0.1, -0.05) is 53.5 Å². The first-order chi connectivity index (χ1) is 18.6. The molecular weight excluding hydrogens is 524 g/mol. The first-order valence-electron chi connectivity index (χ1n) is 14.2. The van der Waals surface area contributed by atoms with Gasteiger partial charge in [-0.3, -0.25) is 14.3 Å². The lowest BCUT2D eigenvalue weighted by Crippen LogP contribution is -2.51. The molecule has 2 N–H and O–H groups in total. The van der Waals surface area contributed by atoms with E-state index in [-0.39, 0.29) is 28.7 Å². The number of carbonyl (C=O) groups excluding carboxylic acids is 2. The molecular formula is C32H42N2O5S. The smallest absolute Gasteiger partial charge is 0.261 e. The van der Waals surface area contributed by atoms with Gasteiger partial charge in [0.25, 0.3) is 11.8 Å². The number of rotatable bonds is 4. The number of amides is 2. The van der Waals surface area contributed by atoms with Crippen molar-refractivity contribution in [3.8, 4) is 0 Å². The second-order valence-corrected chi connectivity index (χ2v) is 14.5. The van der Waals surface area contributed by atoms with Gasteiger partial charge in [0.05, 0.1) is 11.7 Å². The Labute approximate surface area is 241 Å². The molecule has 40 heavy (non-hydrogen) atoms. The van der Waals surface area contributed by atoms with Crippen molar-refractivity contribution in [2.75, 3.05) is 12.8 Å². The molecule has 3 heterocycles. The summed E-state index contributed by atoms with van der Waals surface area (Å²) in [5.41, 5.74) is 3.66. The van der Waals surface area contributed by atoms with Crippen molar-refractivity contribution in [3.05, 3.63) is 57.2 Å². The maximum absolute atomic E-state index is 14.2. The van der Waals surface area contributed by atoms with E-state index in [1.807, 2.05) is 44.9 Å². The fourth-order valence-electron chi connectivity index (χ4n) is 6.77. The number of hydrogen-bond acceptors (Lipinski definition) is 6. The van der Waals surface area contributed by atoms with Crippen LogP contribution in [0.15, 0.2) is 39.2 Å². The van der Waals surface area contributed by atoms with Gasteiger partial charge in [0.1, 0.15) is 22.9 Å². The SMILES string of the molecule is CCSNC(=O)c1cc([C@@H]2C3=C(C[C@@H](C(C)(C)C)N(C)C3=O)OC3=C2C(O)CC(C)(C)C3)c2oc(C)cc2c1C. The largest absolute Gasteiger partial charge is 0.465 e. The molecule has 2 amide bonds. The quantitative estimate of drug-likeness (QED) is 0.409. The highest BCUT2D eigenvalue weighted by atomic mass is 32.2.